The van der Waals surface area contributed by atoms with E-state index >= 15 is 0 Å². The molecule has 0 spiro atoms. The predicted molar refractivity (Wildman–Crippen MR) is 59.6 cm³/mol. The van der Waals surface area contributed by atoms with Gasteiger partial charge in [0.25, 0.3) is 0 Å². The summed E-state index contributed by atoms with van der Waals surface area (Å²) in [4.78, 5) is 11.0. The molecule has 2 nitrogen and oxygen atoms in total. The zero-order valence-electron chi connectivity index (χ0n) is 7.93. The van der Waals surface area contributed by atoms with Crippen molar-refractivity contribution in [2.45, 2.75) is 13.3 Å². The average Bonchev–Trinajstić information content (AvgIpc) is 2.14. The van der Waals surface area contributed by atoms with Crippen LogP contribution in [0.15, 0.2) is 16.6 Å². The first-order valence-electron chi connectivity index (χ1n) is 4.06. The molecule has 0 amide bonds. The van der Waals surface area contributed by atoms with Crippen molar-refractivity contribution in [2.75, 3.05) is 7.11 Å². The molecule has 0 fully saturated rings. The van der Waals surface area contributed by atoms with Crippen molar-refractivity contribution in [3.8, 4) is 0 Å². The van der Waals surface area contributed by atoms with Crippen LogP contribution in [0, 0.1) is 6.92 Å². The van der Waals surface area contributed by atoms with Gasteiger partial charge in [0.1, 0.15) is 0 Å². The Bertz CT molecular complexity index is 340. The van der Waals surface area contributed by atoms with Crippen molar-refractivity contribution < 1.29 is 9.53 Å². The minimum atomic E-state index is -0.267. The quantitative estimate of drug-likeness (QED) is 0.776. The SMILES string of the molecule is COC(=O)Cc1cc(Cl)c(C)c(Br)c1. The largest absolute Gasteiger partial charge is 0.469 e. The third kappa shape index (κ3) is 2.72. The van der Waals surface area contributed by atoms with E-state index in [0.717, 1.165) is 15.6 Å². The minimum absolute atomic E-state index is 0.245. The molecule has 14 heavy (non-hydrogen) atoms. The molecule has 0 atom stereocenters. The lowest BCUT2D eigenvalue weighted by molar-refractivity contribution is -0.139. The van der Waals surface area contributed by atoms with Crippen LogP contribution >= 0.6 is 27.5 Å². The minimum Gasteiger partial charge on any atom is -0.469 e. The summed E-state index contributed by atoms with van der Waals surface area (Å²) in [7, 11) is 1.37. The van der Waals surface area contributed by atoms with Gasteiger partial charge in [-0.05, 0) is 30.2 Å². The van der Waals surface area contributed by atoms with Gasteiger partial charge in [0.2, 0.25) is 0 Å². The van der Waals surface area contributed by atoms with Crippen LogP contribution < -0.4 is 0 Å². The predicted octanol–water partition coefficient (Wildman–Crippen LogP) is 3.13. The molecule has 76 valence electrons. The van der Waals surface area contributed by atoms with Crippen molar-refractivity contribution in [3.63, 3.8) is 0 Å². The van der Waals surface area contributed by atoms with Crippen molar-refractivity contribution in [1.82, 2.24) is 0 Å². The number of halogens is 2. The second-order valence-electron chi connectivity index (χ2n) is 2.94. The number of ether oxygens (including phenoxy) is 1. The molecule has 0 unspecified atom stereocenters. The molecule has 1 aromatic carbocycles. The lowest BCUT2D eigenvalue weighted by Crippen LogP contribution is -2.04. The zero-order valence-corrected chi connectivity index (χ0v) is 10.3. The smallest absolute Gasteiger partial charge is 0.309 e. The lowest BCUT2D eigenvalue weighted by Gasteiger charge is -2.05. The highest BCUT2D eigenvalue weighted by Gasteiger charge is 2.07. The van der Waals surface area contributed by atoms with Crippen molar-refractivity contribution in [2.24, 2.45) is 0 Å². The van der Waals surface area contributed by atoms with Gasteiger partial charge in [0.15, 0.2) is 0 Å². The highest BCUT2D eigenvalue weighted by molar-refractivity contribution is 9.10. The maximum Gasteiger partial charge on any atom is 0.309 e. The van der Waals surface area contributed by atoms with Crippen molar-refractivity contribution in [3.05, 3.63) is 32.8 Å². The summed E-state index contributed by atoms with van der Waals surface area (Å²) in [6.45, 7) is 1.91. The number of hydrogen-bond acceptors (Lipinski definition) is 2. The number of methoxy groups -OCH3 is 1. The van der Waals surface area contributed by atoms with Crippen LogP contribution in [-0.4, -0.2) is 13.1 Å². The first-order chi connectivity index (χ1) is 6.54. The van der Waals surface area contributed by atoms with E-state index in [9.17, 15) is 4.79 Å². The third-order valence-electron chi connectivity index (χ3n) is 1.92. The Morgan fingerprint density at radius 3 is 2.71 bits per heavy atom. The van der Waals surface area contributed by atoms with Crippen LogP contribution in [0.2, 0.25) is 5.02 Å². The lowest BCUT2D eigenvalue weighted by atomic mass is 10.1. The Morgan fingerprint density at radius 1 is 1.57 bits per heavy atom. The van der Waals surface area contributed by atoms with Crippen LogP contribution in [0.4, 0.5) is 0 Å². The first-order valence-corrected chi connectivity index (χ1v) is 5.23. The first kappa shape index (κ1) is 11.5. The molecule has 0 aliphatic heterocycles. The highest BCUT2D eigenvalue weighted by Crippen LogP contribution is 2.26. The normalized spacial score (nSPS) is 10.0. The molecule has 0 aliphatic carbocycles. The van der Waals surface area contributed by atoms with E-state index in [4.69, 9.17) is 11.6 Å². The molecular formula is C10H10BrClO2. The van der Waals surface area contributed by atoms with Crippen LogP contribution in [-0.2, 0) is 16.0 Å². The molecule has 0 saturated heterocycles. The summed E-state index contributed by atoms with van der Waals surface area (Å²) in [6, 6.07) is 3.65. The molecule has 0 aliphatic rings. The van der Waals surface area contributed by atoms with Crippen LogP contribution in [0.5, 0.6) is 0 Å². The van der Waals surface area contributed by atoms with E-state index < -0.39 is 0 Å². The number of carbonyl (C=O) groups excluding carboxylic acids is 1. The summed E-state index contributed by atoms with van der Waals surface area (Å²) in [5.74, 6) is -0.267. The van der Waals surface area contributed by atoms with Gasteiger partial charge in [-0.15, -0.1) is 0 Å². The van der Waals surface area contributed by atoms with E-state index in [1.165, 1.54) is 7.11 Å². The summed E-state index contributed by atoms with van der Waals surface area (Å²) in [5, 5.41) is 0.651. The van der Waals surface area contributed by atoms with Crippen LogP contribution in [0.3, 0.4) is 0 Å². The molecule has 0 heterocycles. The van der Waals surface area contributed by atoms with Crippen molar-refractivity contribution in [1.29, 1.82) is 0 Å². The molecular weight excluding hydrogens is 267 g/mol. The highest BCUT2D eigenvalue weighted by atomic mass is 79.9. The van der Waals surface area contributed by atoms with E-state index in [1.54, 1.807) is 6.07 Å². The Balaban J connectivity index is 2.95. The average molecular weight is 278 g/mol. The Labute approximate surface area is 96.3 Å². The molecule has 0 N–H and O–H groups in total. The van der Waals surface area contributed by atoms with Gasteiger partial charge in [0, 0.05) is 9.50 Å². The standard InChI is InChI=1S/C10H10BrClO2/c1-6-8(11)3-7(4-9(6)12)5-10(13)14-2/h3-4H,5H2,1-2H3. The fourth-order valence-electron chi connectivity index (χ4n) is 1.04. The number of hydrogen-bond donors (Lipinski definition) is 0. The molecule has 0 aromatic heterocycles. The Morgan fingerprint density at radius 2 is 2.21 bits per heavy atom. The number of carbonyl (C=O) groups is 1. The Hall–Kier alpha value is -0.540. The maximum absolute atomic E-state index is 11.0. The monoisotopic (exact) mass is 276 g/mol. The summed E-state index contributed by atoms with van der Waals surface area (Å²) < 4.78 is 5.47. The number of esters is 1. The van der Waals surface area contributed by atoms with E-state index in [-0.39, 0.29) is 12.4 Å². The summed E-state index contributed by atoms with van der Waals surface area (Å²) in [6.07, 6.45) is 0.245. The molecule has 4 heteroatoms. The molecule has 0 saturated carbocycles. The maximum atomic E-state index is 11.0. The number of benzene rings is 1. The summed E-state index contributed by atoms with van der Waals surface area (Å²) >= 11 is 9.34. The van der Waals surface area contributed by atoms with Gasteiger partial charge in [-0.25, -0.2) is 0 Å². The molecule has 1 rings (SSSR count). The van der Waals surface area contributed by atoms with Crippen molar-refractivity contribution >= 4 is 33.5 Å². The second-order valence-corrected chi connectivity index (χ2v) is 4.20. The van der Waals surface area contributed by atoms with Gasteiger partial charge in [0.05, 0.1) is 13.5 Å². The second kappa shape index (κ2) is 4.80. The molecule has 0 radical (unpaired) electrons. The van der Waals surface area contributed by atoms with E-state index in [0.29, 0.717) is 5.02 Å². The van der Waals surface area contributed by atoms with Gasteiger partial charge < -0.3 is 4.74 Å². The fourth-order valence-corrected chi connectivity index (χ4v) is 1.90. The van der Waals surface area contributed by atoms with Crippen LogP contribution in [0.25, 0.3) is 0 Å². The summed E-state index contributed by atoms with van der Waals surface area (Å²) in [5.41, 5.74) is 1.82. The molecule has 0 bridgehead atoms. The van der Waals surface area contributed by atoms with Gasteiger partial charge in [-0.2, -0.15) is 0 Å². The van der Waals surface area contributed by atoms with E-state index in [1.807, 2.05) is 13.0 Å². The topological polar surface area (TPSA) is 26.3 Å². The third-order valence-corrected chi connectivity index (χ3v) is 3.13. The van der Waals surface area contributed by atoms with Gasteiger partial charge in [-0.1, -0.05) is 27.5 Å². The van der Waals surface area contributed by atoms with E-state index in [2.05, 4.69) is 20.7 Å². The van der Waals surface area contributed by atoms with Crippen LogP contribution in [0.1, 0.15) is 11.1 Å². The van der Waals surface area contributed by atoms with Gasteiger partial charge in [-0.3, -0.25) is 4.79 Å². The van der Waals surface area contributed by atoms with Gasteiger partial charge >= 0.3 is 5.97 Å². The number of rotatable bonds is 2. The molecule has 1 aromatic rings. The zero-order chi connectivity index (χ0) is 10.7. The Kier molecular flexibility index (Phi) is 3.96. The fraction of sp³-hybridized carbons (Fsp3) is 0.300.